The molecule has 0 heterocycles. The summed E-state index contributed by atoms with van der Waals surface area (Å²) >= 11 is 0. The standard InChI is InChI=1S/C11H15NO4S/c1-17(15,16)12(9-5-8-11(13)14)10-6-3-2-4-7-10/h2-4,6-7H,5,8-9H2,1H3,(H,13,14). The second kappa shape index (κ2) is 5.67. The Morgan fingerprint density at radius 1 is 1.29 bits per heavy atom. The molecular weight excluding hydrogens is 242 g/mol. The first-order valence-electron chi connectivity index (χ1n) is 5.16. The predicted molar refractivity (Wildman–Crippen MR) is 65.5 cm³/mol. The fourth-order valence-corrected chi connectivity index (χ4v) is 2.42. The van der Waals surface area contributed by atoms with Gasteiger partial charge in [0, 0.05) is 13.0 Å². The summed E-state index contributed by atoms with van der Waals surface area (Å²) in [5, 5.41) is 8.53. The number of para-hydroxylation sites is 1. The van der Waals surface area contributed by atoms with Crippen molar-refractivity contribution in [2.45, 2.75) is 12.8 Å². The molecule has 0 spiro atoms. The monoisotopic (exact) mass is 257 g/mol. The maximum absolute atomic E-state index is 11.6. The largest absolute Gasteiger partial charge is 0.481 e. The van der Waals surface area contributed by atoms with E-state index in [2.05, 4.69) is 0 Å². The number of rotatable bonds is 6. The Morgan fingerprint density at radius 3 is 2.35 bits per heavy atom. The van der Waals surface area contributed by atoms with Crippen molar-refractivity contribution in [3.05, 3.63) is 30.3 Å². The molecule has 1 aromatic rings. The number of nitrogens with zero attached hydrogens (tertiary/aromatic N) is 1. The number of carboxylic acid groups (broad SMARTS) is 1. The van der Waals surface area contributed by atoms with Crippen molar-refractivity contribution in [2.24, 2.45) is 0 Å². The lowest BCUT2D eigenvalue weighted by Crippen LogP contribution is -2.31. The molecule has 1 aromatic carbocycles. The Morgan fingerprint density at radius 2 is 1.88 bits per heavy atom. The summed E-state index contributed by atoms with van der Waals surface area (Å²) in [6.07, 6.45) is 1.36. The van der Waals surface area contributed by atoms with E-state index in [-0.39, 0.29) is 19.4 Å². The summed E-state index contributed by atoms with van der Waals surface area (Å²) in [7, 11) is -3.38. The second-order valence-corrected chi connectivity index (χ2v) is 5.57. The molecule has 6 heteroatoms. The van der Waals surface area contributed by atoms with E-state index < -0.39 is 16.0 Å². The molecule has 94 valence electrons. The van der Waals surface area contributed by atoms with Crippen molar-refractivity contribution < 1.29 is 18.3 Å². The number of benzene rings is 1. The number of sulfonamides is 1. The van der Waals surface area contributed by atoms with E-state index in [0.717, 1.165) is 6.26 Å². The zero-order valence-electron chi connectivity index (χ0n) is 9.54. The number of aliphatic carboxylic acids is 1. The van der Waals surface area contributed by atoms with Crippen LogP contribution in [0.3, 0.4) is 0 Å². The molecule has 0 aromatic heterocycles. The van der Waals surface area contributed by atoms with Crippen molar-refractivity contribution in [1.82, 2.24) is 0 Å². The van der Waals surface area contributed by atoms with Crippen LogP contribution in [0.1, 0.15) is 12.8 Å². The summed E-state index contributed by atoms with van der Waals surface area (Å²) in [4.78, 5) is 10.4. The van der Waals surface area contributed by atoms with E-state index in [1.807, 2.05) is 0 Å². The number of hydrogen-bond donors (Lipinski definition) is 1. The third kappa shape index (κ3) is 4.44. The van der Waals surface area contributed by atoms with Gasteiger partial charge in [-0.15, -0.1) is 0 Å². The maximum atomic E-state index is 11.6. The van der Waals surface area contributed by atoms with Crippen LogP contribution in [0, 0.1) is 0 Å². The zero-order valence-corrected chi connectivity index (χ0v) is 10.4. The van der Waals surface area contributed by atoms with Gasteiger partial charge in [-0.25, -0.2) is 8.42 Å². The Kier molecular flexibility index (Phi) is 4.51. The Labute approximate surface area is 101 Å². The molecule has 0 atom stereocenters. The normalized spacial score (nSPS) is 11.1. The van der Waals surface area contributed by atoms with Crippen molar-refractivity contribution in [2.75, 3.05) is 17.1 Å². The smallest absolute Gasteiger partial charge is 0.303 e. The molecule has 0 saturated carbocycles. The minimum Gasteiger partial charge on any atom is -0.481 e. The molecule has 0 amide bonds. The molecule has 0 aliphatic heterocycles. The summed E-state index contributed by atoms with van der Waals surface area (Å²) in [6, 6.07) is 8.64. The van der Waals surface area contributed by atoms with Crippen LogP contribution in [0.4, 0.5) is 5.69 Å². The zero-order chi connectivity index (χ0) is 12.9. The highest BCUT2D eigenvalue weighted by atomic mass is 32.2. The fraction of sp³-hybridized carbons (Fsp3) is 0.364. The van der Waals surface area contributed by atoms with E-state index in [9.17, 15) is 13.2 Å². The Hall–Kier alpha value is -1.56. The van der Waals surface area contributed by atoms with Crippen molar-refractivity contribution in [1.29, 1.82) is 0 Å². The van der Waals surface area contributed by atoms with Crippen LogP contribution in [0.25, 0.3) is 0 Å². The lowest BCUT2D eigenvalue weighted by molar-refractivity contribution is -0.137. The molecular formula is C11H15NO4S. The van der Waals surface area contributed by atoms with Gasteiger partial charge in [0.15, 0.2) is 0 Å². The molecule has 0 saturated heterocycles. The van der Waals surface area contributed by atoms with Gasteiger partial charge in [-0.3, -0.25) is 9.10 Å². The van der Waals surface area contributed by atoms with Gasteiger partial charge in [-0.2, -0.15) is 0 Å². The molecule has 0 fully saturated rings. The van der Waals surface area contributed by atoms with Crippen LogP contribution in [0.15, 0.2) is 30.3 Å². The lowest BCUT2D eigenvalue weighted by atomic mass is 10.3. The number of carbonyl (C=O) groups is 1. The predicted octanol–water partition coefficient (Wildman–Crippen LogP) is 1.32. The van der Waals surface area contributed by atoms with Gasteiger partial charge in [-0.1, -0.05) is 18.2 Å². The lowest BCUT2D eigenvalue weighted by Gasteiger charge is -2.21. The van der Waals surface area contributed by atoms with Crippen LogP contribution >= 0.6 is 0 Å². The molecule has 5 nitrogen and oxygen atoms in total. The number of carboxylic acids is 1. The first-order chi connectivity index (χ1) is 7.91. The highest BCUT2D eigenvalue weighted by Crippen LogP contribution is 2.17. The molecule has 1 rings (SSSR count). The van der Waals surface area contributed by atoms with Gasteiger partial charge >= 0.3 is 5.97 Å². The minimum atomic E-state index is -3.38. The second-order valence-electron chi connectivity index (χ2n) is 3.67. The van der Waals surface area contributed by atoms with Crippen LogP contribution in [0.5, 0.6) is 0 Å². The molecule has 0 aliphatic rings. The molecule has 17 heavy (non-hydrogen) atoms. The molecule has 1 N–H and O–H groups in total. The molecule has 0 bridgehead atoms. The van der Waals surface area contributed by atoms with Crippen molar-refractivity contribution >= 4 is 21.7 Å². The highest BCUT2D eigenvalue weighted by molar-refractivity contribution is 7.92. The molecule has 0 aliphatic carbocycles. The summed E-state index contributed by atoms with van der Waals surface area (Å²) in [6.45, 7) is 0.176. The summed E-state index contributed by atoms with van der Waals surface area (Å²) in [5.41, 5.74) is 0.556. The number of anilines is 1. The van der Waals surface area contributed by atoms with E-state index >= 15 is 0 Å². The van der Waals surface area contributed by atoms with E-state index in [4.69, 9.17) is 5.11 Å². The third-order valence-corrected chi connectivity index (χ3v) is 3.39. The van der Waals surface area contributed by atoms with Crippen LogP contribution in [-0.2, 0) is 14.8 Å². The average molecular weight is 257 g/mol. The Balaban J connectivity index is 2.80. The fourth-order valence-electron chi connectivity index (χ4n) is 1.45. The topological polar surface area (TPSA) is 74.7 Å². The first-order valence-corrected chi connectivity index (χ1v) is 7.00. The van der Waals surface area contributed by atoms with Gasteiger partial charge in [0.05, 0.1) is 11.9 Å². The van der Waals surface area contributed by atoms with E-state index in [1.165, 1.54) is 4.31 Å². The molecule has 0 radical (unpaired) electrons. The summed E-state index contributed by atoms with van der Waals surface area (Å²) < 4.78 is 24.4. The molecule has 0 unspecified atom stereocenters. The SMILES string of the molecule is CS(=O)(=O)N(CCCC(=O)O)c1ccccc1. The highest BCUT2D eigenvalue weighted by Gasteiger charge is 2.16. The van der Waals surface area contributed by atoms with E-state index in [0.29, 0.717) is 5.69 Å². The first kappa shape index (κ1) is 13.5. The van der Waals surface area contributed by atoms with Gasteiger partial charge in [0.25, 0.3) is 0 Å². The minimum absolute atomic E-state index is 0.0428. The van der Waals surface area contributed by atoms with Crippen LogP contribution in [0.2, 0.25) is 0 Å². The van der Waals surface area contributed by atoms with E-state index in [1.54, 1.807) is 30.3 Å². The van der Waals surface area contributed by atoms with Crippen LogP contribution in [-0.4, -0.2) is 32.3 Å². The Bertz CT molecular complexity index is 470. The van der Waals surface area contributed by atoms with Crippen LogP contribution < -0.4 is 4.31 Å². The summed E-state index contributed by atoms with van der Waals surface area (Å²) in [5.74, 6) is -0.925. The van der Waals surface area contributed by atoms with Gasteiger partial charge in [0.2, 0.25) is 10.0 Å². The van der Waals surface area contributed by atoms with Gasteiger partial charge in [0.1, 0.15) is 0 Å². The van der Waals surface area contributed by atoms with Crippen molar-refractivity contribution in [3.8, 4) is 0 Å². The van der Waals surface area contributed by atoms with Crippen molar-refractivity contribution in [3.63, 3.8) is 0 Å². The van der Waals surface area contributed by atoms with Gasteiger partial charge in [-0.05, 0) is 18.6 Å². The quantitative estimate of drug-likeness (QED) is 0.834. The third-order valence-electron chi connectivity index (χ3n) is 2.20. The average Bonchev–Trinajstić information content (AvgIpc) is 2.23. The number of hydrogen-bond acceptors (Lipinski definition) is 3. The van der Waals surface area contributed by atoms with Gasteiger partial charge < -0.3 is 5.11 Å². The maximum Gasteiger partial charge on any atom is 0.303 e.